The summed E-state index contributed by atoms with van der Waals surface area (Å²) in [5.41, 5.74) is 1.66. The molecule has 9 heteroatoms. The number of hydrogen-bond acceptors (Lipinski definition) is 7. The summed E-state index contributed by atoms with van der Waals surface area (Å²) in [7, 11) is 3.20. The van der Waals surface area contributed by atoms with Crippen molar-refractivity contribution < 1.29 is 23.9 Å². The molecule has 1 atom stereocenters. The van der Waals surface area contributed by atoms with Crippen molar-refractivity contribution >= 4 is 46.1 Å². The van der Waals surface area contributed by atoms with Crippen LogP contribution in [0, 0.1) is 0 Å². The van der Waals surface area contributed by atoms with Crippen LogP contribution in [0.15, 0.2) is 53.5 Å². The second-order valence-electron chi connectivity index (χ2n) is 6.65. The van der Waals surface area contributed by atoms with E-state index < -0.39 is 11.2 Å². The number of carbonyl (C=O) groups is 3. The first-order chi connectivity index (χ1) is 14.9. The highest BCUT2D eigenvalue weighted by Crippen LogP contribution is 2.31. The number of carbonyl (C=O) groups excluding carboxylic acids is 3. The molecule has 3 rings (SSSR count). The summed E-state index contributed by atoms with van der Waals surface area (Å²) in [5, 5.41) is 2.73. The summed E-state index contributed by atoms with van der Waals surface area (Å²) in [6, 6.07) is 13.6. The van der Waals surface area contributed by atoms with Crippen LogP contribution in [0.5, 0.6) is 5.75 Å². The molecule has 1 fully saturated rings. The number of amidine groups is 1. The zero-order chi connectivity index (χ0) is 22.4. The fourth-order valence-corrected chi connectivity index (χ4v) is 4.00. The third kappa shape index (κ3) is 5.64. The van der Waals surface area contributed by atoms with E-state index in [1.54, 1.807) is 69.6 Å². The lowest BCUT2D eigenvalue weighted by Crippen LogP contribution is -2.30. The molecule has 0 aliphatic carbocycles. The third-order valence-electron chi connectivity index (χ3n) is 4.49. The number of nitrogens with zero attached hydrogens (tertiary/aromatic N) is 2. The first kappa shape index (κ1) is 22.4. The average Bonchev–Trinajstić information content (AvgIpc) is 3.02. The molecule has 1 heterocycles. The molecule has 1 aliphatic rings. The minimum Gasteiger partial charge on any atom is -0.497 e. The minimum atomic E-state index is -0.555. The minimum absolute atomic E-state index is 0.0285. The van der Waals surface area contributed by atoms with E-state index in [0.29, 0.717) is 34.5 Å². The molecule has 1 N–H and O–H groups in total. The molecule has 162 valence electrons. The highest BCUT2D eigenvalue weighted by molar-refractivity contribution is 8.15. The van der Waals surface area contributed by atoms with Gasteiger partial charge in [0.1, 0.15) is 11.0 Å². The Morgan fingerprint density at radius 2 is 1.81 bits per heavy atom. The van der Waals surface area contributed by atoms with Gasteiger partial charge in [-0.2, -0.15) is 0 Å². The molecule has 2 amide bonds. The van der Waals surface area contributed by atoms with E-state index in [1.165, 1.54) is 16.7 Å². The van der Waals surface area contributed by atoms with Gasteiger partial charge in [0.25, 0.3) is 0 Å². The van der Waals surface area contributed by atoms with Crippen molar-refractivity contribution in [2.45, 2.75) is 18.6 Å². The summed E-state index contributed by atoms with van der Waals surface area (Å²) >= 11 is 1.24. The van der Waals surface area contributed by atoms with Crippen molar-refractivity contribution in [3.8, 4) is 5.75 Å². The molecule has 2 aromatic rings. The van der Waals surface area contributed by atoms with Gasteiger partial charge < -0.3 is 14.8 Å². The Kier molecular flexibility index (Phi) is 7.30. The lowest BCUT2D eigenvalue weighted by molar-refractivity contribution is -0.127. The first-order valence-electron chi connectivity index (χ1n) is 9.65. The highest BCUT2D eigenvalue weighted by Gasteiger charge is 2.37. The second kappa shape index (κ2) is 10.1. The third-order valence-corrected chi connectivity index (χ3v) is 5.72. The van der Waals surface area contributed by atoms with Crippen LogP contribution in [0.2, 0.25) is 0 Å². The van der Waals surface area contributed by atoms with E-state index >= 15 is 0 Å². The monoisotopic (exact) mass is 441 g/mol. The van der Waals surface area contributed by atoms with Gasteiger partial charge in [0.2, 0.25) is 11.8 Å². The van der Waals surface area contributed by atoms with Crippen LogP contribution in [0.4, 0.5) is 11.4 Å². The lowest BCUT2D eigenvalue weighted by Gasteiger charge is -2.09. The number of nitrogens with one attached hydrogen (secondary N) is 1. The number of ether oxygens (including phenoxy) is 2. The Morgan fingerprint density at radius 1 is 1.13 bits per heavy atom. The molecular weight excluding hydrogens is 418 g/mol. The van der Waals surface area contributed by atoms with Crippen LogP contribution in [-0.4, -0.2) is 53.9 Å². The quantitative estimate of drug-likeness (QED) is 0.661. The molecule has 0 aromatic heterocycles. The van der Waals surface area contributed by atoms with Gasteiger partial charge in [0.15, 0.2) is 5.17 Å². The van der Waals surface area contributed by atoms with Crippen molar-refractivity contribution in [3.63, 3.8) is 0 Å². The van der Waals surface area contributed by atoms with Crippen LogP contribution in [-0.2, 0) is 14.3 Å². The molecule has 2 aromatic carbocycles. The van der Waals surface area contributed by atoms with Gasteiger partial charge in [0.05, 0.1) is 25.0 Å². The fourth-order valence-electron chi connectivity index (χ4n) is 2.85. The normalized spacial score (nSPS) is 17.0. The number of benzene rings is 2. The highest BCUT2D eigenvalue weighted by atomic mass is 32.2. The van der Waals surface area contributed by atoms with Crippen molar-refractivity contribution in [2.24, 2.45) is 4.99 Å². The smallest absolute Gasteiger partial charge is 0.338 e. The van der Waals surface area contributed by atoms with Gasteiger partial charge in [-0.25, -0.2) is 9.79 Å². The van der Waals surface area contributed by atoms with Crippen LogP contribution in [0.1, 0.15) is 23.7 Å². The molecule has 0 spiro atoms. The van der Waals surface area contributed by atoms with Gasteiger partial charge in [0, 0.05) is 19.2 Å². The number of esters is 1. The first-order valence-corrected chi connectivity index (χ1v) is 10.5. The molecule has 31 heavy (non-hydrogen) atoms. The standard InChI is InChI=1S/C22H23N3O5S/c1-4-30-21(28)14-5-7-16(8-6-14)24-22-25(2)20(27)18(31-22)13-19(26)23-15-9-11-17(29-3)12-10-15/h5-12,18H,4,13H2,1-3H3,(H,23,26). The molecule has 1 unspecified atom stereocenters. The van der Waals surface area contributed by atoms with Crippen molar-refractivity contribution in [1.82, 2.24) is 4.90 Å². The Labute approximate surface area is 184 Å². The van der Waals surface area contributed by atoms with E-state index in [9.17, 15) is 14.4 Å². The SMILES string of the molecule is CCOC(=O)c1ccc(N=C2SC(CC(=O)Nc3ccc(OC)cc3)C(=O)N2C)cc1. The van der Waals surface area contributed by atoms with Crippen LogP contribution < -0.4 is 10.1 Å². The molecule has 8 nitrogen and oxygen atoms in total. The Bertz CT molecular complexity index is 989. The second-order valence-corrected chi connectivity index (χ2v) is 7.82. The number of thioether (sulfide) groups is 1. The van der Waals surface area contributed by atoms with E-state index in [-0.39, 0.29) is 18.2 Å². The summed E-state index contributed by atoms with van der Waals surface area (Å²) in [6.45, 7) is 2.05. The van der Waals surface area contributed by atoms with Crippen LogP contribution >= 0.6 is 11.8 Å². The Hall–Kier alpha value is -3.33. The number of amides is 2. The predicted molar refractivity (Wildman–Crippen MR) is 120 cm³/mol. The molecule has 0 bridgehead atoms. The molecule has 1 saturated heterocycles. The number of aliphatic imine (C=N–C) groups is 1. The Morgan fingerprint density at radius 3 is 2.42 bits per heavy atom. The maximum absolute atomic E-state index is 12.6. The summed E-state index contributed by atoms with van der Waals surface area (Å²) in [6.07, 6.45) is 0.0285. The van der Waals surface area contributed by atoms with E-state index in [0.717, 1.165) is 0 Å². The summed E-state index contributed by atoms with van der Waals surface area (Å²) < 4.78 is 10.1. The average molecular weight is 442 g/mol. The molecule has 0 saturated carbocycles. The topological polar surface area (TPSA) is 97.3 Å². The maximum Gasteiger partial charge on any atom is 0.338 e. The largest absolute Gasteiger partial charge is 0.497 e. The number of hydrogen-bond donors (Lipinski definition) is 1. The molecule has 1 aliphatic heterocycles. The van der Waals surface area contributed by atoms with Crippen LogP contribution in [0.25, 0.3) is 0 Å². The molecule has 0 radical (unpaired) electrons. The number of methoxy groups -OCH3 is 1. The van der Waals surface area contributed by atoms with Gasteiger partial charge in [-0.3, -0.25) is 14.5 Å². The van der Waals surface area contributed by atoms with E-state index in [1.807, 2.05) is 0 Å². The summed E-state index contributed by atoms with van der Waals surface area (Å²) in [5.74, 6) is -0.148. The number of anilines is 1. The van der Waals surface area contributed by atoms with Gasteiger partial charge in [-0.15, -0.1) is 0 Å². The molecular formula is C22H23N3O5S. The van der Waals surface area contributed by atoms with Gasteiger partial charge >= 0.3 is 5.97 Å². The van der Waals surface area contributed by atoms with Gasteiger partial charge in [-0.05, 0) is 55.5 Å². The zero-order valence-electron chi connectivity index (χ0n) is 17.5. The van der Waals surface area contributed by atoms with Crippen molar-refractivity contribution in [1.29, 1.82) is 0 Å². The summed E-state index contributed by atoms with van der Waals surface area (Å²) in [4.78, 5) is 42.6. The Balaban J connectivity index is 1.62. The van der Waals surface area contributed by atoms with E-state index in [4.69, 9.17) is 9.47 Å². The van der Waals surface area contributed by atoms with E-state index in [2.05, 4.69) is 10.3 Å². The number of rotatable bonds is 7. The lowest BCUT2D eigenvalue weighted by atomic mass is 10.2. The predicted octanol–water partition coefficient (Wildman–Crippen LogP) is 3.46. The van der Waals surface area contributed by atoms with Gasteiger partial charge in [-0.1, -0.05) is 11.8 Å². The van der Waals surface area contributed by atoms with Crippen LogP contribution in [0.3, 0.4) is 0 Å². The fraction of sp³-hybridized carbons (Fsp3) is 0.273. The van der Waals surface area contributed by atoms with Crippen molar-refractivity contribution in [3.05, 3.63) is 54.1 Å². The zero-order valence-corrected chi connectivity index (χ0v) is 18.3. The van der Waals surface area contributed by atoms with Crippen molar-refractivity contribution in [2.75, 3.05) is 26.1 Å². The maximum atomic E-state index is 12.6.